The fraction of sp³-hybridized carbons (Fsp3) is 0.368. The van der Waals surface area contributed by atoms with Gasteiger partial charge in [0.15, 0.2) is 17.3 Å². The average molecular weight is 783 g/mol. The second kappa shape index (κ2) is 13.7. The Morgan fingerprint density at radius 3 is 2.42 bits per heavy atom. The van der Waals surface area contributed by atoms with E-state index in [0.29, 0.717) is 10.2 Å². The molecule has 55 heavy (non-hydrogen) atoms. The first-order valence-corrected chi connectivity index (χ1v) is 17.7. The van der Waals surface area contributed by atoms with Crippen LogP contribution in [0.1, 0.15) is 70.2 Å². The molecule has 2 aromatic carbocycles. The molecule has 0 spiro atoms. The molecule has 3 aromatic heterocycles. The van der Waals surface area contributed by atoms with Gasteiger partial charge in [0.1, 0.15) is 18.6 Å². The Labute approximate surface area is 317 Å². The second-order valence-electron chi connectivity index (χ2n) is 15.1. The van der Waals surface area contributed by atoms with Gasteiger partial charge in [-0.2, -0.15) is 31.7 Å². The number of rotatable bonds is 11. The van der Waals surface area contributed by atoms with E-state index >= 15 is 4.79 Å². The van der Waals surface area contributed by atoms with E-state index in [1.54, 1.807) is 18.3 Å². The molecular weight excluding hydrogens is 747 g/mol. The van der Waals surface area contributed by atoms with Gasteiger partial charge < -0.3 is 10.5 Å². The topological polar surface area (TPSA) is 133 Å². The van der Waals surface area contributed by atoms with Crippen LogP contribution in [0.5, 0.6) is 0 Å². The third-order valence-corrected chi connectivity index (χ3v) is 10.3. The molecule has 0 bridgehead atoms. The van der Waals surface area contributed by atoms with Crippen LogP contribution in [0.25, 0.3) is 28.3 Å². The van der Waals surface area contributed by atoms with Crippen LogP contribution in [0.2, 0.25) is 5.02 Å². The highest BCUT2D eigenvalue weighted by Gasteiger charge is 2.64. The second-order valence-corrected chi connectivity index (χ2v) is 15.5. The Balaban J connectivity index is 1.28. The lowest BCUT2D eigenvalue weighted by molar-refractivity contribution is -0.195. The quantitative estimate of drug-likeness (QED) is 0.106. The number of esters is 1. The van der Waals surface area contributed by atoms with E-state index in [0.717, 1.165) is 28.1 Å². The molecule has 11 nitrogen and oxygen atoms in total. The fourth-order valence-corrected chi connectivity index (χ4v) is 7.38. The summed E-state index contributed by atoms with van der Waals surface area (Å²) in [5, 5.41) is 3.59. The van der Waals surface area contributed by atoms with E-state index in [4.69, 9.17) is 27.1 Å². The number of guanidine groups is 1. The molecule has 17 heteroatoms. The number of benzene rings is 2. The van der Waals surface area contributed by atoms with Gasteiger partial charge in [0.25, 0.3) is 5.91 Å². The zero-order valence-electron chi connectivity index (χ0n) is 29.9. The van der Waals surface area contributed by atoms with Crippen molar-refractivity contribution in [3.63, 3.8) is 0 Å². The van der Waals surface area contributed by atoms with E-state index in [2.05, 4.69) is 15.1 Å². The smallest absolute Gasteiger partial charge is 0.395 e. The molecule has 0 saturated heterocycles. The summed E-state index contributed by atoms with van der Waals surface area (Å²) in [5.41, 5.74) is 5.46. The van der Waals surface area contributed by atoms with Gasteiger partial charge in [-0.15, -0.1) is 0 Å². The number of hydrogen-bond donors (Lipinski definition) is 1. The van der Waals surface area contributed by atoms with Crippen molar-refractivity contribution in [3.05, 3.63) is 95.5 Å². The van der Waals surface area contributed by atoms with Crippen molar-refractivity contribution >= 4 is 35.1 Å². The summed E-state index contributed by atoms with van der Waals surface area (Å²) in [7, 11) is 0. The number of carbonyl (C=O) groups is 2. The number of aliphatic imine (C=N–C) groups is 1. The monoisotopic (exact) mass is 782 g/mol. The van der Waals surface area contributed by atoms with Gasteiger partial charge in [-0.1, -0.05) is 68.8 Å². The van der Waals surface area contributed by atoms with Crippen molar-refractivity contribution in [2.24, 2.45) is 21.6 Å². The molecule has 1 fully saturated rings. The first-order chi connectivity index (χ1) is 25.9. The summed E-state index contributed by atoms with van der Waals surface area (Å²) < 4.78 is 76.8. The SMILES string of the molecule is CC(C)(C)C[C@]1(c2ccc(-c3cnc4ccccn34)cc2)N=C(N)N([C@H](COC(=O)CC2(C(F)(F)F)CC2)c2ccc(Cl)c(-c3ncnn3C(F)F)c2)C1=O. The van der Waals surface area contributed by atoms with E-state index in [-0.39, 0.29) is 47.2 Å². The van der Waals surface area contributed by atoms with E-state index < -0.39 is 60.0 Å². The van der Waals surface area contributed by atoms with Crippen molar-refractivity contribution in [2.75, 3.05) is 6.61 Å². The molecule has 1 aliphatic carbocycles. The van der Waals surface area contributed by atoms with Crippen LogP contribution in [-0.4, -0.2) is 59.7 Å². The van der Waals surface area contributed by atoms with Crippen molar-refractivity contribution in [3.8, 4) is 22.6 Å². The Kier molecular flexibility index (Phi) is 9.46. The maximum atomic E-state index is 15.0. The van der Waals surface area contributed by atoms with Crippen molar-refractivity contribution < 1.29 is 36.3 Å². The molecule has 2 aliphatic rings. The molecule has 7 rings (SSSR count). The van der Waals surface area contributed by atoms with Crippen LogP contribution in [0, 0.1) is 10.8 Å². The normalized spacial score (nSPS) is 18.9. The molecule has 1 saturated carbocycles. The summed E-state index contributed by atoms with van der Waals surface area (Å²) in [6.45, 7) is 2.08. The van der Waals surface area contributed by atoms with Crippen molar-refractivity contribution in [1.29, 1.82) is 0 Å². The van der Waals surface area contributed by atoms with Crippen molar-refractivity contribution in [1.82, 2.24) is 29.0 Å². The minimum absolute atomic E-state index is 0.00777. The number of fused-ring (bicyclic) bond motifs is 1. The zero-order valence-corrected chi connectivity index (χ0v) is 30.7. The van der Waals surface area contributed by atoms with Gasteiger partial charge >= 0.3 is 18.7 Å². The van der Waals surface area contributed by atoms with Gasteiger partial charge in [0.2, 0.25) is 0 Å². The molecule has 0 radical (unpaired) electrons. The van der Waals surface area contributed by atoms with Gasteiger partial charge in [-0.3, -0.25) is 18.9 Å². The van der Waals surface area contributed by atoms with Crippen LogP contribution in [-0.2, 0) is 19.9 Å². The summed E-state index contributed by atoms with van der Waals surface area (Å²) in [4.78, 5) is 42.4. The van der Waals surface area contributed by atoms with Gasteiger partial charge in [0, 0.05) is 17.3 Å². The number of nitrogens with zero attached hydrogens (tertiary/aromatic N) is 7. The largest absolute Gasteiger partial charge is 0.463 e. The maximum Gasteiger partial charge on any atom is 0.395 e. The third-order valence-electron chi connectivity index (χ3n) is 10.0. The molecule has 288 valence electrons. The first-order valence-electron chi connectivity index (χ1n) is 17.3. The highest BCUT2D eigenvalue weighted by molar-refractivity contribution is 6.33. The Hall–Kier alpha value is -5.38. The standard InChI is InChI=1S/C38H36ClF5N8O3/c1-35(2,3)20-37(24-10-7-22(8-11-24)27-18-46-29-6-4-5-15-50(27)29)32(54)51(34(45)49-37)28(19-55-30(53)17-36(13-14-36)38(42,43)44)23-9-12-26(39)25(16-23)31-47-21-48-52(31)33(40)41/h4-12,15-16,18,21,28,33H,13-14,17,19-20H2,1-3H3,(H2,45,49)/t28-,37-/m1/s1. The minimum atomic E-state index is -4.60. The first kappa shape index (κ1) is 37.9. The van der Waals surface area contributed by atoms with Crippen LogP contribution in [0.4, 0.5) is 22.0 Å². The lowest BCUT2D eigenvalue weighted by atomic mass is 9.75. The Morgan fingerprint density at radius 1 is 1.04 bits per heavy atom. The van der Waals surface area contributed by atoms with Gasteiger partial charge in [0.05, 0.1) is 34.8 Å². The van der Waals surface area contributed by atoms with Crippen LogP contribution in [0.15, 0.2) is 84.4 Å². The number of ether oxygens (including phenoxy) is 1. The number of alkyl halides is 5. The molecule has 2 atom stereocenters. The molecular formula is C38H36ClF5N8O3. The predicted octanol–water partition coefficient (Wildman–Crippen LogP) is 8.11. The van der Waals surface area contributed by atoms with E-state index in [9.17, 15) is 26.7 Å². The summed E-state index contributed by atoms with van der Waals surface area (Å²) in [6, 6.07) is 15.8. The van der Waals surface area contributed by atoms with Crippen LogP contribution >= 0.6 is 11.6 Å². The lowest BCUT2D eigenvalue weighted by Crippen LogP contribution is -2.47. The maximum absolute atomic E-state index is 15.0. The number of nitrogens with two attached hydrogens (primary N) is 1. The number of amides is 1. The zero-order chi connectivity index (χ0) is 39.5. The minimum Gasteiger partial charge on any atom is -0.463 e. The summed E-state index contributed by atoms with van der Waals surface area (Å²) in [5.74, 6) is -2.26. The Bertz CT molecular complexity index is 2300. The number of pyridine rings is 1. The van der Waals surface area contributed by atoms with E-state index in [1.165, 1.54) is 18.2 Å². The summed E-state index contributed by atoms with van der Waals surface area (Å²) in [6.07, 6.45) is -1.21. The predicted molar refractivity (Wildman–Crippen MR) is 193 cm³/mol. The molecule has 0 unspecified atom stereocenters. The lowest BCUT2D eigenvalue weighted by Gasteiger charge is -2.35. The molecule has 1 aliphatic heterocycles. The van der Waals surface area contributed by atoms with E-state index in [1.807, 2.05) is 61.7 Å². The molecule has 5 aromatic rings. The fourth-order valence-electron chi connectivity index (χ4n) is 7.17. The number of imidazole rings is 1. The number of halogens is 6. The van der Waals surface area contributed by atoms with Crippen molar-refractivity contribution in [2.45, 2.75) is 70.8 Å². The number of carbonyl (C=O) groups excluding carboxylic acids is 2. The Morgan fingerprint density at radius 2 is 1.76 bits per heavy atom. The third kappa shape index (κ3) is 7.03. The number of hydrogen-bond acceptors (Lipinski definition) is 8. The highest BCUT2D eigenvalue weighted by Crippen LogP contribution is 2.60. The highest BCUT2D eigenvalue weighted by atomic mass is 35.5. The molecule has 4 heterocycles. The number of aromatic nitrogens is 5. The average Bonchev–Trinajstić information content (AvgIpc) is 3.44. The van der Waals surface area contributed by atoms with Gasteiger partial charge in [-0.25, -0.2) is 15.0 Å². The van der Waals surface area contributed by atoms with Crippen LogP contribution in [0.3, 0.4) is 0 Å². The van der Waals surface area contributed by atoms with Crippen LogP contribution < -0.4 is 5.73 Å². The van der Waals surface area contributed by atoms with Gasteiger partial charge in [-0.05, 0) is 60.1 Å². The molecule has 2 N–H and O–H groups in total. The molecule has 1 amide bonds. The summed E-state index contributed by atoms with van der Waals surface area (Å²) >= 11 is 6.46.